The van der Waals surface area contributed by atoms with Crippen molar-refractivity contribution in [2.45, 2.75) is 57.9 Å². The fourth-order valence-electron chi connectivity index (χ4n) is 6.99. The van der Waals surface area contributed by atoms with E-state index >= 15 is 0 Å². The number of amides is 3. The van der Waals surface area contributed by atoms with E-state index in [1.807, 2.05) is 77.1 Å². The number of carbonyl (C=O) groups excluding carboxylic acids is 3. The average Bonchev–Trinajstić information content (AvgIpc) is 3.11. The molecule has 8 heteroatoms. The van der Waals surface area contributed by atoms with E-state index in [1.165, 1.54) is 4.90 Å². The Labute approximate surface area is 218 Å². The van der Waals surface area contributed by atoms with Gasteiger partial charge < -0.3 is 24.5 Å². The Hall–Kier alpha value is -2.97. The lowest BCUT2D eigenvalue weighted by atomic mass is 9.74. The lowest BCUT2D eigenvalue weighted by Crippen LogP contribution is -2.60. The molecule has 4 aliphatic heterocycles. The smallest absolute Gasteiger partial charge is 0.253 e. The molecule has 1 unspecified atom stereocenters. The van der Waals surface area contributed by atoms with Crippen molar-refractivity contribution in [1.82, 2.24) is 9.80 Å². The summed E-state index contributed by atoms with van der Waals surface area (Å²) in [6.07, 6.45) is 7.51. The minimum atomic E-state index is -1.33. The van der Waals surface area contributed by atoms with Gasteiger partial charge in [-0.05, 0) is 37.8 Å². The van der Waals surface area contributed by atoms with E-state index in [9.17, 15) is 19.5 Å². The summed E-state index contributed by atoms with van der Waals surface area (Å²) in [7, 11) is 1.72. The fraction of sp³-hybridized carbons (Fsp3) is 0.552. The number of likely N-dealkylation sites (tertiary alicyclic amines) is 1. The number of fused-ring (bicyclic) bond motifs is 2. The standard InChI is InChI=1S/C29H37N3O5/c1-17(2)20(16-33)32-24-27(36)31(23-18(3)10-7-11-19(23)4)15-9-13-29(24)22(26(32)35)21-25(34)30(6)14-8-12-28(21,5)37-29/h7-13,17,20-22,24,33H,14-16H2,1-6H3/t20-,21+,22-,24?,28-,29-/m0/s1. The summed E-state index contributed by atoms with van der Waals surface area (Å²) in [5.74, 6) is -2.53. The monoisotopic (exact) mass is 507 g/mol. The Balaban J connectivity index is 1.72. The van der Waals surface area contributed by atoms with Gasteiger partial charge in [0.25, 0.3) is 5.91 Å². The number of aryl methyl sites for hydroxylation is 2. The number of hydrogen-bond donors (Lipinski definition) is 1. The predicted octanol–water partition coefficient (Wildman–Crippen LogP) is 2.22. The first-order valence-electron chi connectivity index (χ1n) is 13.1. The summed E-state index contributed by atoms with van der Waals surface area (Å²) in [6, 6.07) is 4.28. The fourth-order valence-corrected chi connectivity index (χ4v) is 6.99. The van der Waals surface area contributed by atoms with Crippen LogP contribution >= 0.6 is 0 Å². The third-order valence-electron chi connectivity index (χ3n) is 8.72. The van der Waals surface area contributed by atoms with Crippen molar-refractivity contribution in [3.05, 3.63) is 53.6 Å². The Bertz CT molecular complexity index is 1190. The topological polar surface area (TPSA) is 90.4 Å². The summed E-state index contributed by atoms with van der Waals surface area (Å²) in [6.45, 7) is 10.1. The molecule has 8 nitrogen and oxygen atoms in total. The molecule has 2 fully saturated rings. The van der Waals surface area contributed by atoms with Gasteiger partial charge in [0.2, 0.25) is 11.8 Å². The second kappa shape index (κ2) is 8.81. The maximum atomic E-state index is 14.6. The van der Waals surface area contributed by atoms with Crippen LogP contribution in [0, 0.1) is 31.6 Å². The van der Waals surface area contributed by atoms with Crippen molar-refractivity contribution in [3.63, 3.8) is 0 Å². The molecule has 1 aromatic carbocycles. The second-order valence-corrected chi connectivity index (χ2v) is 11.4. The van der Waals surface area contributed by atoms with Crippen molar-refractivity contribution in [2.24, 2.45) is 17.8 Å². The number of carbonyl (C=O) groups is 3. The molecule has 3 amide bonds. The highest BCUT2D eigenvalue weighted by atomic mass is 16.5. The molecule has 0 aliphatic carbocycles. The lowest BCUT2D eigenvalue weighted by Gasteiger charge is -2.41. The van der Waals surface area contributed by atoms with Crippen molar-refractivity contribution in [2.75, 3.05) is 31.6 Å². The summed E-state index contributed by atoms with van der Waals surface area (Å²) in [5, 5.41) is 10.4. The number of ether oxygens (including phenoxy) is 1. The van der Waals surface area contributed by atoms with Crippen LogP contribution in [0.5, 0.6) is 0 Å². The van der Waals surface area contributed by atoms with Gasteiger partial charge in [0, 0.05) is 25.8 Å². The summed E-state index contributed by atoms with van der Waals surface area (Å²) >= 11 is 0. The quantitative estimate of drug-likeness (QED) is 0.632. The van der Waals surface area contributed by atoms with E-state index in [1.54, 1.807) is 16.8 Å². The van der Waals surface area contributed by atoms with Crippen LogP contribution in [0.25, 0.3) is 0 Å². The zero-order chi connectivity index (χ0) is 26.9. The second-order valence-electron chi connectivity index (χ2n) is 11.4. The van der Waals surface area contributed by atoms with Gasteiger partial charge in [0.1, 0.15) is 11.6 Å². The molecule has 0 bridgehead atoms. The van der Waals surface area contributed by atoms with Crippen LogP contribution in [0.4, 0.5) is 5.69 Å². The molecule has 6 atom stereocenters. The lowest BCUT2D eigenvalue weighted by molar-refractivity contribution is -0.151. The van der Waals surface area contributed by atoms with Crippen molar-refractivity contribution < 1.29 is 24.2 Å². The predicted molar refractivity (Wildman–Crippen MR) is 140 cm³/mol. The molecule has 0 radical (unpaired) electrons. The summed E-state index contributed by atoms with van der Waals surface area (Å²) in [5.41, 5.74) is 0.342. The minimum Gasteiger partial charge on any atom is -0.394 e. The van der Waals surface area contributed by atoms with Crippen LogP contribution in [0.1, 0.15) is 31.9 Å². The first-order valence-corrected chi connectivity index (χ1v) is 13.1. The minimum absolute atomic E-state index is 0.114. The van der Waals surface area contributed by atoms with Crippen LogP contribution in [0.15, 0.2) is 42.5 Å². The highest BCUT2D eigenvalue weighted by molar-refractivity contribution is 6.06. The molecule has 4 heterocycles. The molecular formula is C29H37N3O5. The Kier molecular flexibility index (Phi) is 6.11. The summed E-state index contributed by atoms with van der Waals surface area (Å²) in [4.78, 5) is 47.5. The van der Waals surface area contributed by atoms with Gasteiger partial charge in [0.15, 0.2) is 0 Å². The number of benzene rings is 1. The van der Waals surface area contributed by atoms with Crippen molar-refractivity contribution in [3.8, 4) is 0 Å². The van der Waals surface area contributed by atoms with Crippen LogP contribution in [0.2, 0.25) is 0 Å². The van der Waals surface area contributed by atoms with Crippen molar-refractivity contribution >= 4 is 23.4 Å². The highest BCUT2D eigenvalue weighted by Crippen LogP contribution is 2.58. The van der Waals surface area contributed by atoms with Gasteiger partial charge in [0.05, 0.1) is 30.1 Å². The van der Waals surface area contributed by atoms with E-state index in [0.717, 1.165) is 16.8 Å². The zero-order valence-electron chi connectivity index (χ0n) is 22.5. The van der Waals surface area contributed by atoms with E-state index in [2.05, 4.69) is 0 Å². The maximum absolute atomic E-state index is 14.6. The highest BCUT2D eigenvalue weighted by Gasteiger charge is 2.75. The van der Waals surface area contributed by atoms with Gasteiger partial charge >= 0.3 is 0 Å². The SMILES string of the molecule is Cc1cccc(C)c1N1CC=C[C@]23O[C@@]4(C)C=CCN(C)C(=O)[C@H]4[C@H]2C(=O)N([C@@H](CO)C(C)C)C3C1=O. The van der Waals surface area contributed by atoms with Gasteiger partial charge in [-0.1, -0.05) is 56.4 Å². The van der Waals surface area contributed by atoms with Gasteiger partial charge in [-0.3, -0.25) is 14.4 Å². The zero-order valence-corrected chi connectivity index (χ0v) is 22.5. The van der Waals surface area contributed by atoms with Gasteiger partial charge in [-0.25, -0.2) is 0 Å². The molecule has 0 saturated carbocycles. The molecule has 1 aromatic rings. The van der Waals surface area contributed by atoms with Gasteiger partial charge in [-0.2, -0.15) is 0 Å². The normalized spacial score (nSPS) is 34.0. The number of para-hydroxylation sites is 1. The molecule has 1 N–H and O–H groups in total. The first kappa shape index (κ1) is 25.7. The maximum Gasteiger partial charge on any atom is 0.253 e. The van der Waals surface area contributed by atoms with E-state index in [4.69, 9.17) is 4.74 Å². The number of aliphatic hydroxyl groups excluding tert-OH is 1. The van der Waals surface area contributed by atoms with Crippen LogP contribution in [0.3, 0.4) is 0 Å². The number of likely N-dealkylation sites (N-methyl/N-ethyl adjacent to an activating group) is 1. The number of nitrogens with zero attached hydrogens (tertiary/aromatic N) is 3. The Morgan fingerprint density at radius 3 is 2.27 bits per heavy atom. The average molecular weight is 508 g/mol. The molecule has 37 heavy (non-hydrogen) atoms. The number of aliphatic hydroxyl groups is 1. The van der Waals surface area contributed by atoms with Crippen LogP contribution in [-0.4, -0.2) is 82.7 Å². The van der Waals surface area contributed by atoms with Crippen LogP contribution in [-0.2, 0) is 19.1 Å². The molecule has 5 rings (SSSR count). The molecule has 0 aromatic heterocycles. The van der Waals surface area contributed by atoms with E-state index in [-0.39, 0.29) is 30.2 Å². The third kappa shape index (κ3) is 3.52. The number of anilines is 1. The molecule has 4 aliphatic rings. The molecule has 1 spiro atoms. The molecular weight excluding hydrogens is 470 g/mol. The van der Waals surface area contributed by atoms with Crippen molar-refractivity contribution in [1.29, 1.82) is 0 Å². The van der Waals surface area contributed by atoms with E-state index in [0.29, 0.717) is 13.1 Å². The first-order chi connectivity index (χ1) is 17.5. The number of hydrogen-bond acceptors (Lipinski definition) is 5. The Morgan fingerprint density at radius 1 is 1.00 bits per heavy atom. The van der Waals surface area contributed by atoms with E-state index < -0.39 is 35.1 Å². The third-order valence-corrected chi connectivity index (χ3v) is 8.72. The molecule has 2 saturated heterocycles. The summed E-state index contributed by atoms with van der Waals surface area (Å²) < 4.78 is 6.82. The number of rotatable bonds is 4. The van der Waals surface area contributed by atoms with Gasteiger partial charge in [-0.15, -0.1) is 0 Å². The van der Waals surface area contributed by atoms with Crippen LogP contribution < -0.4 is 4.90 Å². The molecule has 198 valence electrons. The largest absolute Gasteiger partial charge is 0.394 e. The Morgan fingerprint density at radius 2 is 1.65 bits per heavy atom.